The Morgan fingerprint density at radius 1 is 1.12 bits per heavy atom. The third-order valence-corrected chi connectivity index (χ3v) is 4.31. The number of hydrogen-bond acceptors (Lipinski definition) is 4. The predicted octanol–water partition coefficient (Wildman–Crippen LogP) is 3.47. The highest BCUT2D eigenvalue weighted by Crippen LogP contribution is 2.32. The Morgan fingerprint density at radius 2 is 1.79 bits per heavy atom. The zero-order valence-electron chi connectivity index (χ0n) is 13.5. The lowest BCUT2D eigenvalue weighted by molar-refractivity contribution is -0.384. The van der Waals surface area contributed by atoms with Gasteiger partial charge < -0.3 is 9.80 Å². The van der Waals surface area contributed by atoms with E-state index in [2.05, 4.69) is 0 Å². The van der Waals surface area contributed by atoms with E-state index in [-0.39, 0.29) is 11.6 Å². The summed E-state index contributed by atoms with van der Waals surface area (Å²) in [4.78, 5) is 27.2. The molecule has 3 rings (SSSR count). The van der Waals surface area contributed by atoms with Gasteiger partial charge in [-0.25, -0.2) is 0 Å². The number of nitro groups is 1. The highest BCUT2D eigenvalue weighted by molar-refractivity contribution is 6.06. The van der Waals surface area contributed by atoms with Gasteiger partial charge in [0.1, 0.15) is 5.69 Å². The Morgan fingerprint density at radius 3 is 2.42 bits per heavy atom. The lowest BCUT2D eigenvalue weighted by Crippen LogP contribution is -2.26. The van der Waals surface area contributed by atoms with E-state index in [0.29, 0.717) is 11.3 Å². The van der Waals surface area contributed by atoms with E-state index in [9.17, 15) is 14.9 Å². The molecule has 0 atom stereocenters. The molecule has 0 N–H and O–H groups in total. The van der Waals surface area contributed by atoms with Crippen molar-refractivity contribution in [2.75, 3.05) is 29.9 Å². The van der Waals surface area contributed by atoms with E-state index in [1.54, 1.807) is 19.2 Å². The van der Waals surface area contributed by atoms with Gasteiger partial charge in [-0.2, -0.15) is 0 Å². The third-order valence-electron chi connectivity index (χ3n) is 4.31. The van der Waals surface area contributed by atoms with Crippen LogP contribution in [0.15, 0.2) is 48.5 Å². The Hall–Kier alpha value is -2.89. The summed E-state index contributed by atoms with van der Waals surface area (Å²) >= 11 is 0. The molecule has 0 spiro atoms. The molecule has 0 unspecified atom stereocenters. The average Bonchev–Trinajstić information content (AvgIpc) is 3.15. The molecule has 124 valence electrons. The maximum Gasteiger partial charge on any atom is 0.293 e. The highest BCUT2D eigenvalue weighted by Gasteiger charge is 2.24. The summed E-state index contributed by atoms with van der Waals surface area (Å²) in [6.07, 6.45) is 2.07. The van der Waals surface area contributed by atoms with Gasteiger partial charge in [0, 0.05) is 37.5 Å². The van der Waals surface area contributed by atoms with Crippen molar-refractivity contribution in [3.63, 3.8) is 0 Å². The van der Waals surface area contributed by atoms with Gasteiger partial charge in [0.05, 0.1) is 4.92 Å². The zero-order chi connectivity index (χ0) is 17.1. The average molecular weight is 325 g/mol. The fourth-order valence-corrected chi connectivity index (χ4v) is 2.99. The molecule has 6 nitrogen and oxygen atoms in total. The maximum atomic E-state index is 12.6. The first-order chi connectivity index (χ1) is 11.6. The minimum Gasteiger partial charge on any atom is -0.366 e. The zero-order valence-corrected chi connectivity index (χ0v) is 13.5. The summed E-state index contributed by atoms with van der Waals surface area (Å²) in [5.41, 5.74) is 1.64. The molecule has 0 radical (unpaired) electrons. The number of nitrogens with zero attached hydrogens (tertiary/aromatic N) is 3. The van der Waals surface area contributed by atoms with Crippen LogP contribution in [0.3, 0.4) is 0 Å². The van der Waals surface area contributed by atoms with E-state index < -0.39 is 4.92 Å². The first-order valence-corrected chi connectivity index (χ1v) is 7.94. The van der Waals surface area contributed by atoms with Crippen molar-refractivity contribution < 1.29 is 9.72 Å². The van der Waals surface area contributed by atoms with E-state index in [4.69, 9.17) is 0 Å². The van der Waals surface area contributed by atoms with Gasteiger partial charge in [0.15, 0.2) is 0 Å². The van der Waals surface area contributed by atoms with Crippen LogP contribution in [0.25, 0.3) is 0 Å². The van der Waals surface area contributed by atoms with E-state index in [1.807, 2.05) is 35.2 Å². The number of hydrogen-bond donors (Lipinski definition) is 0. The van der Waals surface area contributed by atoms with Crippen molar-refractivity contribution in [2.24, 2.45) is 0 Å². The molecule has 2 aromatic rings. The molecular formula is C18H19N3O3. The minimum absolute atomic E-state index is 0.00999. The van der Waals surface area contributed by atoms with Crippen LogP contribution in [0.4, 0.5) is 17.1 Å². The second-order valence-electron chi connectivity index (χ2n) is 5.85. The Balaban J connectivity index is 1.92. The van der Waals surface area contributed by atoms with Crippen LogP contribution in [-0.2, 0) is 0 Å². The molecule has 0 bridgehead atoms. The van der Waals surface area contributed by atoms with Crippen molar-refractivity contribution in [1.29, 1.82) is 0 Å². The lowest BCUT2D eigenvalue weighted by Gasteiger charge is -2.20. The van der Waals surface area contributed by atoms with Gasteiger partial charge >= 0.3 is 0 Å². The summed E-state index contributed by atoms with van der Waals surface area (Å²) in [5, 5.41) is 11.4. The largest absolute Gasteiger partial charge is 0.366 e. The fraction of sp³-hybridized carbons (Fsp3) is 0.278. The Kier molecular flexibility index (Phi) is 4.46. The number of anilines is 2. The third kappa shape index (κ3) is 3.08. The van der Waals surface area contributed by atoms with Gasteiger partial charge in [0.25, 0.3) is 11.6 Å². The van der Waals surface area contributed by atoms with E-state index in [0.717, 1.165) is 31.6 Å². The minimum atomic E-state index is -0.410. The molecule has 0 saturated carbocycles. The molecule has 1 heterocycles. The molecule has 2 aromatic carbocycles. The number of rotatable bonds is 4. The van der Waals surface area contributed by atoms with E-state index >= 15 is 0 Å². The fourth-order valence-electron chi connectivity index (χ4n) is 2.99. The molecule has 1 aliphatic rings. The van der Waals surface area contributed by atoms with Gasteiger partial charge in [-0.3, -0.25) is 14.9 Å². The number of para-hydroxylation sites is 1. The summed E-state index contributed by atoms with van der Waals surface area (Å²) in [5.74, 6) is -0.266. The number of benzene rings is 2. The predicted molar refractivity (Wildman–Crippen MR) is 93.7 cm³/mol. The van der Waals surface area contributed by atoms with E-state index in [1.165, 1.54) is 11.0 Å². The molecule has 1 amide bonds. The summed E-state index contributed by atoms with van der Waals surface area (Å²) in [6, 6.07) is 14.0. The molecule has 0 aliphatic carbocycles. The van der Waals surface area contributed by atoms with Gasteiger partial charge in [-0.15, -0.1) is 0 Å². The molecule has 1 saturated heterocycles. The molecule has 0 aromatic heterocycles. The summed E-state index contributed by atoms with van der Waals surface area (Å²) in [7, 11) is 1.66. The van der Waals surface area contributed by atoms with Crippen LogP contribution in [0, 0.1) is 10.1 Å². The summed E-state index contributed by atoms with van der Waals surface area (Å²) < 4.78 is 0. The normalized spacial score (nSPS) is 13.8. The number of carbonyl (C=O) groups excluding carboxylic acids is 1. The Labute approximate surface area is 140 Å². The van der Waals surface area contributed by atoms with Gasteiger partial charge in [-0.1, -0.05) is 18.2 Å². The number of nitro benzene ring substituents is 1. The van der Waals surface area contributed by atoms with Gasteiger partial charge in [-0.05, 0) is 37.1 Å². The quantitative estimate of drug-likeness (QED) is 0.637. The second-order valence-corrected chi connectivity index (χ2v) is 5.85. The monoisotopic (exact) mass is 325 g/mol. The molecule has 24 heavy (non-hydrogen) atoms. The molecular weight excluding hydrogens is 306 g/mol. The molecule has 1 aliphatic heterocycles. The van der Waals surface area contributed by atoms with Crippen LogP contribution in [-0.4, -0.2) is 31.0 Å². The van der Waals surface area contributed by atoms with Crippen LogP contribution in [0.5, 0.6) is 0 Å². The van der Waals surface area contributed by atoms with Crippen LogP contribution in [0.1, 0.15) is 23.2 Å². The van der Waals surface area contributed by atoms with Crippen molar-refractivity contribution in [1.82, 2.24) is 0 Å². The smallest absolute Gasteiger partial charge is 0.293 e. The van der Waals surface area contributed by atoms with Crippen LogP contribution < -0.4 is 9.80 Å². The standard InChI is InChI=1S/C18H19N3O3/c1-19(15-7-3-2-4-8-15)18(22)14-9-10-16(17(13-14)21(23)24)20-11-5-6-12-20/h2-4,7-10,13H,5-6,11-12H2,1H3. The number of amides is 1. The summed E-state index contributed by atoms with van der Waals surface area (Å²) in [6.45, 7) is 1.64. The van der Waals surface area contributed by atoms with Crippen LogP contribution >= 0.6 is 0 Å². The lowest BCUT2D eigenvalue weighted by atomic mass is 10.1. The number of carbonyl (C=O) groups is 1. The van der Waals surface area contributed by atoms with Crippen molar-refractivity contribution in [3.05, 3.63) is 64.2 Å². The van der Waals surface area contributed by atoms with Gasteiger partial charge in [0.2, 0.25) is 0 Å². The highest BCUT2D eigenvalue weighted by atomic mass is 16.6. The van der Waals surface area contributed by atoms with Crippen molar-refractivity contribution in [2.45, 2.75) is 12.8 Å². The molecule has 6 heteroatoms. The van der Waals surface area contributed by atoms with Crippen LogP contribution in [0.2, 0.25) is 0 Å². The SMILES string of the molecule is CN(C(=O)c1ccc(N2CCCC2)c([N+](=O)[O-])c1)c1ccccc1. The maximum absolute atomic E-state index is 12.6. The first kappa shape index (κ1) is 16.0. The van der Waals surface area contributed by atoms with Crippen molar-refractivity contribution in [3.8, 4) is 0 Å². The van der Waals surface area contributed by atoms with Crippen molar-refractivity contribution >= 4 is 23.0 Å². The second kappa shape index (κ2) is 6.70. The first-order valence-electron chi connectivity index (χ1n) is 7.94. The topological polar surface area (TPSA) is 66.7 Å². The Bertz CT molecular complexity index is 755. The molecule has 1 fully saturated rings.